The van der Waals surface area contributed by atoms with Crippen molar-refractivity contribution in [1.29, 1.82) is 0 Å². The number of aliphatic hydroxyl groups excluding tert-OH is 9. The molecule has 6 amide bonds. The Morgan fingerprint density at radius 1 is 0.471 bits per heavy atom. The molecule has 16 N–H and O–H groups in total. The first-order chi connectivity index (χ1) is 41.3. The third-order valence-corrected chi connectivity index (χ3v) is 14.2. The molecule has 36 nitrogen and oxygen atoms in total. The van der Waals surface area contributed by atoms with Crippen LogP contribution in [0, 0.1) is 0 Å². The summed E-state index contributed by atoms with van der Waals surface area (Å²) in [5, 5.41) is 106. The first kappa shape index (κ1) is 77.4. The minimum Gasteiger partial charge on any atom is -0.394 e. The Balaban J connectivity index is 1.58. The zero-order chi connectivity index (χ0) is 64.6. The van der Waals surface area contributed by atoms with Crippen LogP contribution in [0.1, 0.15) is 41.0 Å². The SMILES string of the molecule is CC(=O)NC1C(OCCOCCNC(=O)CN(CCCN(CC(=O)NCCOCCOC2OC(CO)C(O)C(O)C2NC(C)=O)CC(=O)NCCOCCOC2OC(CO)C(O)C(O)C2NC(C)=O)CCOP(=O)(O)OC(C)C)OC(CO)C(O)C1O. The van der Waals surface area contributed by atoms with Crippen molar-refractivity contribution in [2.24, 2.45) is 0 Å². The first-order valence-electron chi connectivity index (χ1n) is 28.5. The largest absolute Gasteiger partial charge is 0.472 e. The maximum Gasteiger partial charge on any atom is 0.472 e. The minimum absolute atomic E-state index is 0.00387. The normalized spacial score (nSPS) is 28.2. The van der Waals surface area contributed by atoms with Gasteiger partial charge in [-0.2, -0.15) is 0 Å². The second-order valence-corrected chi connectivity index (χ2v) is 22.0. The number of hydrogen-bond donors (Lipinski definition) is 16. The molecule has 16 atom stereocenters. The van der Waals surface area contributed by atoms with Crippen LogP contribution in [-0.2, 0) is 85.0 Å². The van der Waals surface area contributed by atoms with Crippen molar-refractivity contribution in [3.05, 3.63) is 0 Å². The summed E-state index contributed by atoms with van der Waals surface area (Å²) < 4.78 is 72.8. The van der Waals surface area contributed by atoms with Crippen LogP contribution in [0.5, 0.6) is 0 Å². The number of aliphatic hydroxyl groups is 9. The van der Waals surface area contributed by atoms with E-state index in [1.165, 1.54) is 39.5 Å². The minimum atomic E-state index is -4.47. The van der Waals surface area contributed by atoms with Gasteiger partial charge in [0.1, 0.15) is 73.1 Å². The topological polar surface area (TPSA) is 502 Å². The predicted octanol–water partition coefficient (Wildman–Crippen LogP) is -9.20. The van der Waals surface area contributed by atoms with E-state index < -0.39 is 161 Å². The number of ether oxygens (including phenoxy) is 9. The number of carbonyl (C=O) groups excluding carboxylic acids is 6. The van der Waals surface area contributed by atoms with Gasteiger partial charge in [-0.3, -0.25) is 47.6 Å². The Bertz CT molecular complexity index is 2010. The fraction of sp³-hybridized carbons (Fsp3) is 0.880. The van der Waals surface area contributed by atoms with Gasteiger partial charge in [-0.15, -0.1) is 0 Å². The molecule has 37 heteroatoms. The molecule has 0 aromatic heterocycles. The molecule has 3 heterocycles. The second kappa shape index (κ2) is 41.5. The van der Waals surface area contributed by atoms with E-state index in [2.05, 4.69) is 31.9 Å². The average Bonchev–Trinajstić information content (AvgIpc) is 1.86. The molecule has 0 radical (unpaired) electrons. The van der Waals surface area contributed by atoms with E-state index >= 15 is 0 Å². The van der Waals surface area contributed by atoms with Crippen molar-refractivity contribution in [1.82, 2.24) is 41.7 Å². The molecule has 0 bridgehead atoms. The van der Waals surface area contributed by atoms with Crippen LogP contribution >= 0.6 is 7.82 Å². The molecular formula is C50H93N8O28P. The highest BCUT2D eigenvalue weighted by Gasteiger charge is 2.48. The van der Waals surface area contributed by atoms with Crippen LogP contribution < -0.4 is 31.9 Å². The van der Waals surface area contributed by atoms with E-state index in [0.29, 0.717) is 0 Å². The molecule has 3 aliphatic heterocycles. The van der Waals surface area contributed by atoms with E-state index in [0.717, 1.165) is 0 Å². The highest BCUT2D eigenvalue weighted by Crippen LogP contribution is 2.44. The van der Waals surface area contributed by atoms with Gasteiger partial charge >= 0.3 is 7.82 Å². The van der Waals surface area contributed by atoms with Crippen LogP contribution in [0.2, 0.25) is 0 Å². The Hall–Kier alpha value is -3.87. The van der Waals surface area contributed by atoms with Crippen molar-refractivity contribution in [2.75, 3.05) is 145 Å². The molecule has 0 spiro atoms. The number of nitrogens with zero attached hydrogens (tertiary/aromatic N) is 2. The molecule has 0 aromatic rings. The Morgan fingerprint density at radius 2 is 0.793 bits per heavy atom. The quantitative estimate of drug-likeness (QED) is 0.0199. The van der Waals surface area contributed by atoms with E-state index in [9.17, 15) is 84.2 Å². The molecule has 16 unspecified atom stereocenters. The van der Waals surface area contributed by atoms with Crippen LogP contribution in [0.3, 0.4) is 0 Å². The van der Waals surface area contributed by atoms with E-state index in [-0.39, 0.29) is 131 Å². The number of rotatable bonds is 43. The molecule has 3 saturated heterocycles. The predicted molar refractivity (Wildman–Crippen MR) is 295 cm³/mol. The molecule has 3 aliphatic rings. The van der Waals surface area contributed by atoms with Gasteiger partial charge in [-0.25, -0.2) is 4.57 Å². The van der Waals surface area contributed by atoms with Gasteiger partial charge in [-0.05, 0) is 26.8 Å². The number of phosphoric acid groups is 1. The van der Waals surface area contributed by atoms with Crippen molar-refractivity contribution < 1.29 is 136 Å². The highest BCUT2D eigenvalue weighted by molar-refractivity contribution is 7.47. The molecular weight excluding hydrogens is 1190 g/mol. The number of nitrogens with one attached hydrogen (secondary N) is 6. The molecule has 3 fully saturated rings. The lowest BCUT2D eigenvalue weighted by molar-refractivity contribution is -0.272. The number of hydrogen-bond acceptors (Lipinski definition) is 29. The summed E-state index contributed by atoms with van der Waals surface area (Å²) in [5.41, 5.74) is 0. The van der Waals surface area contributed by atoms with Gasteiger partial charge in [0.05, 0.1) is 112 Å². The van der Waals surface area contributed by atoms with Crippen molar-refractivity contribution in [2.45, 2.75) is 139 Å². The average molecular weight is 1290 g/mol. The molecule has 0 aromatic carbocycles. The lowest BCUT2D eigenvalue weighted by atomic mass is 9.97. The first-order valence-corrected chi connectivity index (χ1v) is 30.0. The fourth-order valence-electron chi connectivity index (χ4n) is 8.96. The summed E-state index contributed by atoms with van der Waals surface area (Å²) >= 11 is 0. The maximum atomic E-state index is 13.3. The van der Waals surface area contributed by atoms with E-state index in [4.69, 9.17) is 51.7 Å². The second-order valence-electron chi connectivity index (χ2n) is 20.6. The van der Waals surface area contributed by atoms with Crippen LogP contribution in [0.15, 0.2) is 0 Å². The molecule has 506 valence electrons. The molecule has 87 heavy (non-hydrogen) atoms. The lowest BCUT2D eigenvalue weighted by Crippen LogP contribution is -2.64. The Kier molecular flexibility index (Phi) is 36.9. The third kappa shape index (κ3) is 29.3. The molecule has 0 aliphatic carbocycles. The smallest absolute Gasteiger partial charge is 0.394 e. The van der Waals surface area contributed by atoms with Gasteiger partial charge in [0, 0.05) is 53.5 Å². The Labute approximate surface area is 503 Å². The van der Waals surface area contributed by atoms with Gasteiger partial charge in [0.15, 0.2) is 18.9 Å². The number of phosphoric ester groups is 1. The Morgan fingerprint density at radius 3 is 1.10 bits per heavy atom. The van der Waals surface area contributed by atoms with Gasteiger partial charge in [0.2, 0.25) is 35.4 Å². The summed E-state index contributed by atoms with van der Waals surface area (Å²) in [6, 6.07) is -3.46. The fourth-order valence-corrected chi connectivity index (χ4v) is 9.87. The lowest BCUT2D eigenvalue weighted by Gasteiger charge is -2.42. The highest BCUT2D eigenvalue weighted by atomic mass is 31.2. The number of carbonyl (C=O) groups is 6. The summed E-state index contributed by atoms with van der Waals surface area (Å²) in [6.45, 7) is 3.33. The zero-order valence-corrected chi connectivity index (χ0v) is 50.6. The number of amides is 6. The van der Waals surface area contributed by atoms with E-state index in [1.807, 2.05) is 0 Å². The van der Waals surface area contributed by atoms with Gasteiger partial charge < -0.3 is 125 Å². The van der Waals surface area contributed by atoms with Crippen LogP contribution in [0.4, 0.5) is 0 Å². The van der Waals surface area contributed by atoms with Gasteiger partial charge in [0.25, 0.3) is 0 Å². The van der Waals surface area contributed by atoms with Crippen molar-refractivity contribution >= 4 is 43.3 Å². The van der Waals surface area contributed by atoms with Crippen molar-refractivity contribution in [3.63, 3.8) is 0 Å². The van der Waals surface area contributed by atoms with Crippen LogP contribution in [-0.4, -0.2) is 339 Å². The summed E-state index contributed by atoms with van der Waals surface area (Å²) in [6.07, 6.45) is -16.7. The standard InChI is InChI=1S/C50H93N8O28P/c1-29(2)86-87(74,75)82-16-12-57(23-36(65)51-7-13-76-17-20-79-48-39(54-30(3)62)45(71)42(68)33(26-59)83-48)10-6-11-58(24-37(66)52-8-14-77-18-21-80-49-40(55-31(4)63)46(72)43(69)34(27-60)84-49)25-38(67)53-9-15-78-19-22-81-50-41(56-32(5)64)47(73)44(70)35(28-61)85-50/h29,33-35,39-50,59-61,68-73H,6-28H2,1-5H3,(H,51,65)(H,52,66)(H,53,67)(H,54,62)(H,55,63)(H,56,64)(H,74,75). The summed E-state index contributed by atoms with van der Waals surface area (Å²) in [4.78, 5) is 88.4. The van der Waals surface area contributed by atoms with Crippen LogP contribution in [0.25, 0.3) is 0 Å². The zero-order valence-electron chi connectivity index (χ0n) is 49.7. The van der Waals surface area contributed by atoms with Gasteiger partial charge in [-0.1, -0.05) is 0 Å². The summed E-state index contributed by atoms with van der Waals surface area (Å²) in [5.74, 6) is -3.09. The van der Waals surface area contributed by atoms with Crippen molar-refractivity contribution in [3.8, 4) is 0 Å². The maximum absolute atomic E-state index is 13.3. The molecule has 3 rings (SSSR count). The molecule has 0 saturated carbocycles. The summed E-state index contributed by atoms with van der Waals surface area (Å²) in [7, 11) is -4.47. The van der Waals surface area contributed by atoms with E-state index in [1.54, 1.807) is 4.90 Å². The monoisotopic (exact) mass is 1280 g/mol. The third-order valence-electron chi connectivity index (χ3n) is 13.0.